The Morgan fingerprint density at radius 1 is 0.833 bits per heavy atom. The van der Waals surface area contributed by atoms with Gasteiger partial charge in [-0.05, 0) is 23.3 Å². The number of nitrogens with zero attached hydrogens (tertiary/aromatic N) is 4. The van der Waals surface area contributed by atoms with Gasteiger partial charge < -0.3 is 9.80 Å². The zero-order chi connectivity index (χ0) is 20.3. The lowest BCUT2D eigenvalue weighted by atomic mass is 9.90. The van der Waals surface area contributed by atoms with Gasteiger partial charge in [0.25, 0.3) is 0 Å². The highest BCUT2D eigenvalue weighted by molar-refractivity contribution is 7.21. The molecule has 1 fully saturated rings. The molecule has 4 aromatic rings. The first-order valence-electron chi connectivity index (χ1n) is 10.1. The van der Waals surface area contributed by atoms with Crippen LogP contribution in [0.25, 0.3) is 10.3 Å². The predicted molar refractivity (Wildman–Crippen MR) is 121 cm³/mol. The van der Waals surface area contributed by atoms with E-state index >= 15 is 0 Å². The second-order valence-electron chi connectivity index (χ2n) is 7.39. The summed E-state index contributed by atoms with van der Waals surface area (Å²) in [5.74, 6) is -0.108. The number of hydrogen-bond acceptors (Lipinski definition) is 5. The number of carbonyl (C=O) groups is 1. The quantitative estimate of drug-likeness (QED) is 0.503. The molecule has 0 radical (unpaired) electrons. The van der Waals surface area contributed by atoms with Gasteiger partial charge in [-0.15, -0.1) is 0 Å². The van der Waals surface area contributed by atoms with Gasteiger partial charge in [0.15, 0.2) is 5.13 Å². The molecule has 1 amide bonds. The molecule has 0 unspecified atom stereocenters. The van der Waals surface area contributed by atoms with Crippen LogP contribution >= 0.6 is 11.3 Å². The van der Waals surface area contributed by atoms with Crippen LogP contribution < -0.4 is 4.90 Å². The number of thiazole rings is 1. The Kier molecular flexibility index (Phi) is 5.15. The highest BCUT2D eigenvalue weighted by Crippen LogP contribution is 2.30. The molecule has 0 atom stereocenters. The molecule has 0 bridgehead atoms. The van der Waals surface area contributed by atoms with Crippen LogP contribution in [0.4, 0.5) is 5.13 Å². The Bertz CT molecular complexity index is 1070. The smallest absolute Gasteiger partial charge is 0.234 e. The summed E-state index contributed by atoms with van der Waals surface area (Å²) in [7, 11) is 0. The van der Waals surface area contributed by atoms with Gasteiger partial charge in [-0.2, -0.15) is 0 Å². The van der Waals surface area contributed by atoms with E-state index in [1.165, 1.54) is 0 Å². The molecule has 5 rings (SSSR count). The van der Waals surface area contributed by atoms with E-state index in [1.807, 2.05) is 77.7 Å². The minimum atomic E-state index is -0.273. The molecule has 1 aliphatic rings. The third-order valence-electron chi connectivity index (χ3n) is 5.53. The molecule has 0 saturated carbocycles. The van der Waals surface area contributed by atoms with Crippen molar-refractivity contribution < 1.29 is 4.79 Å². The molecule has 0 spiro atoms. The van der Waals surface area contributed by atoms with Crippen molar-refractivity contribution in [2.75, 3.05) is 31.1 Å². The first-order valence-corrected chi connectivity index (χ1v) is 11.0. The van der Waals surface area contributed by atoms with Crippen molar-refractivity contribution in [1.29, 1.82) is 0 Å². The van der Waals surface area contributed by atoms with Crippen LogP contribution in [0.5, 0.6) is 0 Å². The maximum absolute atomic E-state index is 13.6. The Morgan fingerprint density at radius 2 is 1.47 bits per heavy atom. The van der Waals surface area contributed by atoms with E-state index in [0.717, 1.165) is 39.7 Å². The van der Waals surface area contributed by atoms with Crippen LogP contribution in [-0.2, 0) is 4.79 Å². The molecule has 6 heteroatoms. The number of hydrogen-bond donors (Lipinski definition) is 0. The fourth-order valence-electron chi connectivity index (χ4n) is 3.96. The summed E-state index contributed by atoms with van der Waals surface area (Å²) in [5, 5.41) is 0.985. The molecule has 30 heavy (non-hydrogen) atoms. The predicted octanol–water partition coefficient (Wildman–Crippen LogP) is 4.17. The van der Waals surface area contributed by atoms with Gasteiger partial charge in [0.1, 0.15) is 10.3 Å². The second-order valence-corrected chi connectivity index (χ2v) is 8.35. The van der Waals surface area contributed by atoms with Crippen molar-refractivity contribution in [2.24, 2.45) is 0 Å². The highest BCUT2D eigenvalue weighted by atomic mass is 32.1. The number of piperazine rings is 1. The first-order chi connectivity index (χ1) is 14.8. The minimum Gasteiger partial charge on any atom is -0.344 e. The van der Waals surface area contributed by atoms with Crippen molar-refractivity contribution >= 4 is 32.7 Å². The summed E-state index contributed by atoms with van der Waals surface area (Å²) < 4.78 is 0. The lowest BCUT2D eigenvalue weighted by molar-refractivity contribution is -0.132. The number of pyridine rings is 1. The van der Waals surface area contributed by atoms with E-state index in [9.17, 15) is 4.79 Å². The van der Waals surface area contributed by atoms with Crippen molar-refractivity contribution in [3.05, 3.63) is 90.1 Å². The number of anilines is 1. The summed E-state index contributed by atoms with van der Waals surface area (Å²) in [6.07, 6.45) is 1.80. The largest absolute Gasteiger partial charge is 0.344 e. The summed E-state index contributed by atoms with van der Waals surface area (Å²) in [4.78, 5) is 27.9. The zero-order valence-electron chi connectivity index (χ0n) is 16.5. The lowest BCUT2D eigenvalue weighted by Gasteiger charge is -2.36. The molecule has 5 nitrogen and oxygen atoms in total. The standard InChI is InChI=1S/C24H22N4OS/c29-23(21(18-8-3-1-4-9-18)19-10-5-2-6-11-19)27-14-16-28(17-15-27)24-26-20-12-7-13-25-22(20)30-24/h1-13,21H,14-17H2. The van der Waals surface area contributed by atoms with E-state index in [-0.39, 0.29) is 11.8 Å². The maximum Gasteiger partial charge on any atom is 0.234 e. The average Bonchev–Trinajstić information content (AvgIpc) is 3.25. The van der Waals surface area contributed by atoms with Gasteiger partial charge in [-0.3, -0.25) is 4.79 Å². The summed E-state index contributed by atoms with van der Waals surface area (Å²) in [6.45, 7) is 2.94. The Labute approximate surface area is 179 Å². The maximum atomic E-state index is 13.6. The van der Waals surface area contributed by atoms with Gasteiger partial charge in [-0.25, -0.2) is 9.97 Å². The Hall–Kier alpha value is -3.25. The van der Waals surface area contributed by atoms with E-state index in [2.05, 4.69) is 9.88 Å². The fraction of sp³-hybridized carbons (Fsp3) is 0.208. The average molecular weight is 415 g/mol. The first kappa shape index (κ1) is 18.8. The van der Waals surface area contributed by atoms with Crippen molar-refractivity contribution in [2.45, 2.75) is 5.92 Å². The highest BCUT2D eigenvalue weighted by Gasteiger charge is 2.30. The third kappa shape index (κ3) is 3.66. The van der Waals surface area contributed by atoms with Crippen LogP contribution in [0, 0.1) is 0 Å². The van der Waals surface area contributed by atoms with Crippen molar-refractivity contribution in [3.8, 4) is 0 Å². The van der Waals surface area contributed by atoms with Gasteiger partial charge in [0.2, 0.25) is 5.91 Å². The van der Waals surface area contributed by atoms with E-state index in [1.54, 1.807) is 17.5 Å². The molecule has 0 aliphatic carbocycles. The molecular formula is C24H22N4OS. The molecule has 1 aliphatic heterocycles. The number of fused-ring (bicyclic) bond motifs is 1. The number of benzene rings is 2. The van der Waals surface area contributed by atoms with E-state index in [4.69, 9.17) is 4.98 Å². The number of rotatable bonds is 4. The van der Waals surface area contributed by atoms with Crippen LogP contribution in [0.3, 0.4) is 0 Å². The van der Waals surface area contributed by atoms with Gasteiger partial charge in [0, 0.05) is 32.4 Å². The lowest BCUT2D eigenvalue weighted by Crippen LogP contribution is -2.50. The summed E-state index contributed by atoms with van der Waals surface area (Å²) in [5.41, 5.74) is 3.01. The van der Waals surface area contributed by atoms with Crippen LogP contribution in [-0.4, -0.2) is 47.0 Å². The summed E-state index contributed by atoms with van der Waals surface area (Å²) >= 11 is 1.61. The SMILES string of the molecule is O=C(C(c1ccccc1)c1ccccc1)N1CCN(c2nc3cccnc3s2)CC1. The molecule has 2 aromatic carbocycles. The normalized spacial score (nSPS) is 14.4. The molecule has 0 N–H and O–H groups in total. The number of carbonyl (C=O) groups excluding carboxylic acids is 1. The second kappa shape index (κ2) is 8.24. The number of aromatic nitrogens is 2. The van der Waals surface area contributed by atoms with Crippen LogP contribution in [0.2, 0.25) is 0 Å². The fourth-order valence-corrected chi connectivity index (χ4v) is 4.92. The van der Waals surface area contributed by atoms with Crippen LogP contribution in [0.1, 0.15) is 17.0 Å². The van der Waals surface area contributed by atoms with Crippen molar-refractivity contribution in [1.82, 2.24) is 14.9 Å². The topological polar surface area (TPSA) is 49.3 Å². The van der Waals surface area contributed by atoms with Gasteiger partial charge in [0.05, 0.1) is 5.92 Å². The molecule has 150 valence electrons. The third-order valence-corrected chi connectivity index (χ3v) is 6.57. The van der Waals surface area contributed by atoms with Crippen LogP contribution in [0.15, 0.2) is 79.0 Å². The molecule has 3 heterocycles. The minimum absolute atomic E-state index is 0.165. The van der Waals surface area contributed by atoms with E-state index in [0.29, 0.717) is 13.1 Å². The van der Waals surface area contributed by atoms with Crippen molar-refractivity contribution in [3.63, 3.8) is 0 Å². The van der Waals surface area contributed by atoms with Gasteiger partial charge >= 0.3 is 0 Å². The molecular weight excluding hydrogens is 392 g/mol. The van der Waals surface area contributed by atoms with E-state index < -0.39 is 0 Å². The monoisotopic (exact) mass is 414 g/mol. The Balaban J connectivity index is 1.34. The molecule has 1 saturated heterocycles. The van der Waals surface area contributed by atoms with Gasteiger partial charge in [-0.1, -0.05) is 72.0 Å². The Morgan fingerprint density at radius 3 is 2.07 bits per heavy atom. The molecule has 2 aromatic heterocycles. The zero-order valence-corrected chi connectivity index (χ0v) is 17.3. The number of amides is 1. The summed E-state index contributed by atoms with van der Waals surface area (Å²) in [6, 6.07) is 24.0.